The molecule has 0 aliphatic carbocycles. The van der Waals surface area contributed by atoms with Gasteiger partial charge in [-0.05, 0) is 43.3 Å². The number of thiophene rings is 1. The number of hydrogen-bond donors (Lipinski definition) is 1. The van der Waals surface area contributed by atoms with E-state index in [9.17, 15) is 14.0 Å². The number of carbonyl (C=O) groups excluding carboxylic acids is 2. The zero-order valence-electron chi connectivity index (χ0n) is 15.1. The van der Waals surface area contributed by atoms with E-state index in [2.05, 4.69) is 10.3 Å². The molecular weight excluding hydrogens is 379 g/mol. The number of carbonyl (C=O) groups is 2. The van der Waals surface area contributed by atoms with Crippen molar-refractivity contribution >= 4 is 23.0 Å². The average Bonchev–Trinajstić information content (AvgIpc) is 3.34. The van der Waals surface area contributed by atoms with Crippen molar-refractivity contribution in [2.45, 2.75) is 19.4 Å². The molecule has 142 valence electrons. The van der Waals surface area contributed by atoms with E-state index in [1.165, 1.54) is 13.0 Å². The number of ketones is 1. The van der Waals surface area contributed by atoms with Crippen LogP contribution in [0, 0.1) is 5.82 Å². The number of pyridine rings is 1. The average molecular weight is 396 g/mol. The minimum Gasteiger partial charge on any atom is -0.485 e. The number of hydrogen-bond acceptors (Lipinski definition) is 5. The second kappa shape index (κ2) is 7.52. The molecular formula is C21H17FN2O3S. The highest BCUT2D eigenvalue weighted by atomic mass is 32.1. The predicted octanol–water partition coefficient (Wildman–Crippen LogP) is 3.89. The van der Waals surface area contributed by atoms with Crippen LogP contribution in [0.1, 0.15) is 31.8 Å². The topological polar surface area (TPSA) is 68.3 Å². The van der Waals surface area contributed by atoms with E-state index in [-0.39, 0.29) is 30.1 Å². The lowest BCUT2D eigenvalue weighted by atomic mass is 10.0. The minimum atomic E-state index is -0.434. The van der Waals surface area contributed by atoms with Crippen LogP contribution in [0.25, 0.3) is 11.3 Å². The molecule has 2 aromatic heterocycles. The van der Waals surface area contributed by atoms with Crippen molar-refractivity contribution in [3.63, 3.8) is 0 Å². The molecule has 0 spiro atoms. The maximum Gasteiger partial charge on any atom is 0.261 e. The Bertz CT molecular complexity index is 1050. The van der Waals surface area contributed by atoms with Gasteiger partial charge in [0.2, 0.25) is 0 Å². The standard InChI is InChI=1S/C21H17FN2O3S/c1-12(25)18-5-6-19(28-18)21(26)24-11-15-9-14-8-13(10-16(22)20(14)27-15)17-4-2-3-7-23-17/h2-8,10,15H,9,11H2,1H3,(H,24,26)/t15-/m0/s1. The number of Topliss-reactive ketones (excluding diaryl/α,β-unsaturated/α-hetero) is 1. The molecule has 0 unspecified atom stereocenters. The van der Waals surface area contributed by atoms with Crippen molar-refractivity contribution in [1.29, 1.82) is 0 Å². The number of aromatic nitrogens is 1. The van der Waals surface area contributed by atoms with Crippen LogP contribution in [-0.4, -0.2) is 29.3 Å². The normalized spacial score (nSPS) is 15.0. The Labute approximate surface area is 165 Å². The van der Waals surface area contributed by atoms with Gasteiger partial charge in [-0.3, -0.25) is 14.6 Å². The number of halogens is 1. The molecule has 28 heavy (non-hydrogen) atoms. The number of amides is 1. The first-order chi connectivity index (χ1) is 13.5. The smallest absolute Gasteiger partial charge is 0.261 e. The first kappa shape index (κ1) is 18.3. The zero-order chi connectivity index (χ0) is 19.7. The van der Waals surface area contributed by atoms with E-state index in [0.717, 1.165) is 16.9 Å². The highest BCUT2D eigenvalue weighted by molar-refractivity contribution is 7.15. The summed E-state index contributed by atoms with van der Waals surface area (Å²) in [4.78, 5) is 28.9. The largest absolute Gasteiger partial charge is 0.485 e. The molecule has 1 aliphatic rings. The SMILES string of the molecule is CC(=O)c1ccc(C(=O)NC[C@@H]2Cc3cc(-c4ccccn4)cc(F)c3O2)s1. The molecule has 3 aromatic rings. The van der Waals surface area contributed by atoms with Crippen LogP contribution in [-0.2, 0) is 6.42 Å². The Kier molecular flexibility index (Phi) is 4.92. The molecule has 0 saturated heterocycles. The number of rotatable bonds is 5. The van der Waals surface area contributed by atoms with Crippen LogP contribution >= 0.6 is 11.3 Å². The Morgan fingerprint density at radius 1 is 1.25 bits per heavy atom. The summed E-state index contributed by atoms with van der Waals surface area (Å²) in [6.45, 7) is 1.71. The second-order valence-corrected chi connectivity index (χ2v) is 7.62. The van der Waals surface area contributed by atoms with Gasteiger partial charge in [0.25, 0.3) is 5.91 Å². The Hall–Kier alpha value is -3.06. The molecule has 7 heteroatoms. The molecule has 1 aromatic carbocycles. The van der Waals surface area contributed by atoms with Gasteiger partial charge in [0.05, 0.1) is 22.0 Å². The maximum atomic E-state index is 14.5. The van der Waals surface area contributed by atoms with Crippen molar-refractivity contribution in [3.8, 4) is 17.0 Å². The van der Waals surface area contributed by atoms with E-state index in [1.807, 2.05) is 24.3 Å². The summed E-state index contributed by atoms with van der Waals surface area (Å²) in [6, 6.07) is 12.0. The Morgan fingerprint density at radius 3 is 2.79 bits per heavy atom. The monoisotopic (exact) mass is 396 g/mol. The van der Waals surface area contributed by atoms with Crippen LogP contribution in [0.5, 0.6) is 5.75 Å². The molecule has 3 heterocycles. The number of fused-ring (bicyclic) bond motifs is 1. The fourth-order valence-electron chi connectivity index (χ4n) is 3.13. The lowest BCUT2D eigenvalue weighted by molar-refractivity contribution is 0.0936. The van der Waals surface area contributed by atoms with Gasteiger partial charge >= 0.3 is 0 Å². The van der Waals surface area contributed by atoms with Gasteiger partial charge < -0.3 is 10.1 Å². The number of nitrogens with zero attached hydrogens (tertiary/aromatic N) is 1. The van der Waals surface area contributed by atoms with E-state index in [1.54, 1.807) is 18.3 Å². The van der Waals surface area contributed by atoms with E-state index < -0.39 is 5.82 Å². The minimum absolute atomic E-state index is 0.0715. The third-order valence-corrected chi connectivity index (χ3v) is 5.67. The fourth-order valence-corrected chi connectivity index (χ4v) is 3.94. The zero-order valence-corrected chi connectivity index (χ0v) is 15.9. The molecule has 1 amide bonds. The number of nitrogens with one attached hydrogen (secondary N) is 1. The van der Waals surface area contributed by atoms with Gasteiger partial charge in [0.1, 0.15) is 6.10 Å². The molecule has 0 radical (unpaired) electrons. The molecule has 0 saturated carbocycles. The molecule has 1 N–H and O–H groups in total. The summed E-state index contributed by atoms with van der Waals surface area (Å²) < 4.78 is 20.2. The first-order valence-corrected chi connectivity index (χ1v) is 9.62. The van der Waals surface area contributed by atoms with E-state index >= 15 is 0 Å². The van der Waals surface area contributed by atoms with Crippen LogP contribution in [0.4, 0.5) is 4.39 Å². The summed E-state index contributed by atoms with van der Waals surface area (Å²) in [6.07, 6.45) is 1.81. The van der Waals surface area contributed by atoms with Crippen molar-refractivity contribution in [2.24, 2.45) is 0 Å². The first-order valence-electron chi connectivity index (χ1n) is 8.80. The van der Waals surface area contributed by atoms with Crippen molar-refractivity contribution in [1.82, 2.24) is 10.3 Å². The molecule has 0 bridgehead atoms. The van der Waals surface area contributed by atoms with E-state index in [0.29, 0.717) is 27.4 Å². The summed E-state index contributed by atoms with van der Waals surface area (Å²) in [5.74, 6) is -0.547. The highest BCUT2D eigenvalue weighted by Crippen LogP contribution is 2.35. The van der Waals surface area contributed by atoms with Crippen LogP contribution < -0.4 is 10.1 Å². The number of ether oxygens (including phenoxy) is 1. The lowest BCUT2D eigenvalue weighted by Gasteiger charge is -2.11. The van der Waals surface area contributed by atoms with Crippen LogP contribution in [0.2, 0.25) is 0 Å². The summed E-state index contributed by atoms with van der Waals surface area (Å²) in [5, 5.41) is 2.79. The van der Waals surface area contributed by atoms with Gasteiger partial charge in [-0.25, -0.2) is 4.39 Å². The molecule has 4 rings (SSSR count). The third kappa shape index (κ3) is 3.66. The fraction of sp³-hybridized carbons (Fsp3) is 0.190. The van der Waals surface area contributed by atoms with Gasteiger partial charge in [-0.2, -0.15) is 0 Å². The maximum absolute atomic E-state index is 14.5. The molecule has 5 nitrogen and oxygen atoms in total. The quantitative estimate of drug-likeness (QED) is 0.665. The number of benzene rings is 1. The Balaban J connectivity index is 1.43. The predicted molar refractivity (Wildman–Crippen MR) is 104 cm³/mol. The van der Waals surface area contributed by atoms with Gasteiger partial charge in [-0.1, -0.05) is 6.07 Å². The van der Waals surface area contributed by atoms with Crippen molar-refractivity contribution in [3.05, 3.63) is 69.8 Å². The Morgan fingerprint density at radius 2 is 2.07 bits per heavy atom. The molecule has 1 aliphatic heterocycles. The highest BCUT2D eigenvalue weighted by Gasteiger charge is 2.27. The lowest BCUT2D eigenvalue weighted by Crippen LogP contribution is -2.34. The van der Waals surface area contributed by atoms with Gasteiger partial charge in [-0.15, -0.1) is 11.3 Å². The van der Waals surface area contributed by atoms with E-state index in [4.69, 9.17) is 4.74 Å². The van der Waals surface area contributed by atoms with Gasteiger partial charge in [0, 0.05) is 23.7 Å². The van der Waals surface area contributed by atoms with Crippen molar-refractivity contribution < 1.29 is 18.7 Å². The van der Waals surface area contributed by atoms with Crippen molar-refractivity contribution in [2.75, 3.05) is 6.54 Å². The second-order valence-electron chi connectivity index (χ2n) is 6.54. The summed E-state index contributed by atoms with van der Waals surface area (Å²) in [5.41, 5.74) is 2.15. The molecule has 0 fully saturated rings. The third-order valence-electron chi connectivity index (χ3n) is 4.48. The summed E-state index contributed by atoms with van der Waals surface area (Å²) >= 11 is 1.15. The molecule has 1 atom stereocenters. The summed E-state index contributed by atoms with van der Waals surface area (Å²) in [7, 11) is 0. The van der Waals surface area contributed by atoms with Gasteiger partial charge in [0.15, 0.2) is 17.3 Å². The van der Waals surface area contributed by atoms with Crippen LogP contribution in [0.3, 0.4) is 0 Å². The van der Waals surface area contributed by atoms with Crippen LogP contribution in [0.15, 0.2) is 48.7 Å².